The minimum atomic E-state index is -0.804. The molecule has 0 unspecified atom stereocenters. The number of carboxylic acid groups (broad SMARTS) is 2. The van der Waals surface area contributed by atoms with Crippen LogP contribution in [0.25, 0.3) is 0 Å². The first-order valence-corrected chi connectivity index (χ1v) is 7.19. The Kier molecular flexibility index (Phi) is 3.78. The van der Waals surface area contributed by atoms with E-state index in [0.29, 0.717) is 50.9 Å². The fourth-order valence-electron chi connectivity index (χ4n) is 2.71. The highest BCUT2D eigenvalue weighted by molar-refractivity contribution is 5.74. The summed E-state index contributed by atoms with van der Waals surface area (Å²) in [6.07, 6.45) is 2.55. The lowest BCUT2D eigenvalue weighted by Gasteiger charge is -2.37. The molecule has 3 heterocycles. The van der Waals surface area contributed by atoms with Crippen LogP contribution in [0.1, 0.15) is 12.8 Å². The summed E-state index contributed by atoms with van der Waals surface area (Å²) in [4.78, 5) is 38.1. The predicted octanol–water partition coefficient (Wildman–Crippen LogP) is -0.307. The highest BCUT2D eigenvalue weighted by Crippen LogP contribution is 2.24. The summed E-state index contributed by atoms with van der Waals surface area (Å²) in [6, 6.07) is 0. The third kappa shape index (κ3) is 2.78. The summed E-state index contributed by atoms with van der Waals surface area (Å²) in [7, 11) is 0. The fourth-order valence-corrected chi connectivity index (χ4v) is 2.71. The molecule has 0 saturated carbocycles. The minimum absolute atomic E-state index is 0.302. The number of hydrogen-bond acceptors (Lipinski definition) is 7. The summed E-state index contributed by atoms with van der Waals surface area (Å²) < 4.78 is 0. The standard InChI is InChI=1S/C13H17N5O4/c19-10(20)8-1-3-17(4-2-8)12-14-7-15-13(16-12)18-5-9(6-18)11(21)22/h7-9H,1-6H2,(H,19,20)(H,21,22). The highest BCUT2D eigenvalue weighted by Gasteiger charge is 2.34. The first-order chi connectivity index (χ1) is 10.5. The van der Waals surface area contributed by atoms with E-state index in [4.69, 9.17) is 10.2 Å². The Hall–Kier alpha value is -2.45. The molecule has 3 rings (SSSR count). The van der Waals surface area contributed by atoms with E-state index >= 15 is 0 Å². The molecule has 9 heteroatoms. The van der Waals surface area contributed by atoms with Crippen molar-refractivity contribution in [3.05, 3.63) is 6.33 Å². The van der Waals surface area contributed by atoms with Crippen molar-refractivity contribution in [2.45, 2.75) is 12.8 Å². The molecule has 9 nitrogen and oxygen atoms in total. The van der Waals surface area contributed by atoms with E-state index < -0.39 is 11.9 Å². The van der Waals surface area contributed by atoms with E-state index in [0.717, 1.165) is 0 Å². The van der Waals surface area contributed by atoms with Crippen LogP contribution in [0.5, 0.6) is 0 Å². The van der Waals surface area contributed by atoms with Crippen molar-refractivity contribution >= 4 is 23.8 Å². The van der Waals surface area contributed by atoms with Crippen LogP contribution in [0.3, 0.4) is 0 Å². The molecule has 2 aliphatic rings. The Morgan fingerprint density at radius 3 is 2.05 bits per heavy atom. The molecule has 0 spiro atoms. The summed E-state index contributed by atoms with van der Waals surface area (Å²) in [5, 5.41) is 17.9. The van der Waals surface area contributed by atoms with Crippen molar-refractivity contribution in [1.82, 2.24) is 15.0 Å². The molecule has 0 radical (unpaired) electrons. The van der Waals surface area contributed by atoms with Gasteiger partial charge in [-0.3, -0.25) is 9.59 Å². The minimum Gasteiger partial charge on any atom is -0.481 e. The first kappa shape index (κ1) is 14.5. The van der Waals surface area contributed by atoms with Gasteiger partial charge in [-0.05, 0) is 12.8 Å². The molecule has 1 aromatic heterocycles. The fraction of sp³-hybridized carbons (Fsp3) is 0.615. The van der Waals surface area contributed by atoms with Gasteiger partial charge in [-0.25, -0.2) is 9.97 Å². The first-order valence-electron chi connectivity index (χ1n) is 7.19. The van der Waals surface area contributed by atoms with E-state index in [1.807, 2.05) is 4.90 Å². The zero-order valence-corrected chi connectivity index (χ0v) is 11.9. The van der Waals surface area contributed by atoms with Gasteiger partial charge in [0, 0.05) is 26.2 Å². The lowest BCUT2D eigenvalue weighted by atomic mass is 9.97. The zero-order chi connectivity index (χ0) is 15.7. The lowest BCUT2D eigenvalue weighted by molar-refractivity contribution is -0.143. The smallest absolute Gasteiger partial charge is 0.310 e. The van der Waals surface area contributed by atoms with Gasteiger partial charge < -0.3 is 20.0 Å². The van der Waals surface area contributed by atoms with Crippen LogP contribution < -0.4 is 9.80 Å². The Bertz CT molecular complexity index is 582. The van der Waals surface area contributed by atoms with Crippen LogP contribution in [0.2, 0.25) is 0 Å². The van der Waals surface area contributed by atoms with Crippen LogP contribution in [-0.2, 0) is 9.59 Å². The lowest BCUT2D eigenvalue weighted by Crippen LogP contribution is -2.51. The number of piperidine rings is 1. The summed E-state index contributed by atoms with van der Waals surface area (Å²) in [5.74, 6) is -1.23. The van der Waals surface area contributed by atoms with Gasteiger partial charge >= 0.3 is 11.9 Å². The van der Waals surface area contributed by atoms with Crippen molar-refractivity contribution in [2.75, 3.05) is 36.0 Å². The maximum atomic E-state index is 11.0. The Labute approximate surface area is 126 Å². The van der Waals surface area contributed by atoms with Crippen LogP contribution >= 0.6 is 0 Å². The number of carboxylic acids is 2. The van der Waals surface area contributed by atoms with Gasteiger partial charge in [0.25, 0.3) is 0 Å². The molecule has 2 saturated heterocycles. The molecular formula is C13H17N5O4. The molecule has 0 amide bonds. The van der Waals surface area contributed by atoms with E-state index in [1.54, 1.807) is 4.90 Å². The van der Waals surface area contributed by atoms with Gasteiger partial charge in [-0.2, -0.15) is 4.98 Å². The number of hydrogen-bond donors (Lipinski definition) is 2. The number of anilines is 2. The maximum absolute atomic E-state index is 11.0. The van der Waals surface area contributed by atoms with Crippen LogP contribution in [0.4, 0.5) is 11.9 Å². The molecule has 118 valence electrons. The number of nitrogens with zero attached hydrogens (tertiary/aromatic N) is 5. The predicted molar refractivity (Wildman–Crippen MR) is 75.7 cm³/mol. The van der Waals surface area contributed by atoms with Gasteiger partial charge in [0.05, 0.1) is 11.8 Å². The second-order valence-electron chi connectivity index (χ2n) is 5.63. The van der Waals surface area contributed by atoms with Gasteiger partial charge in [0.1, 0.15) is 6.33 Å². The number of carbonyl (C=O) groups is 2. The maximum Gasteiger partial charge on any atom is 0.310 e. The van der Waals surface area contributed by atoms with Crippen LogP contribution in [-0.4, -0.2) is 63.3 Å². The van der Waals surface area contributed by atoms with Crippen LogP contribution in [0, 0.1) is 11.8 Å². The van der Waals surface area contributed by atoms with Crippen molar-refractivity contribution in [1.29, 1.82) is 0 Å². The average Bonchev–Trinajstić information content (AvgIpc) is 2.46. The Morgan fingerprint density at radius 1 is 0.955 bits per heavy atom. The van der Waals surface area contributed by atoms with Gasteiger partial charge in [-0.1, -0.05) is 0 Å². The van der Waals surface area contributed by atoms with Gasteiger partial charge in [0.15, 0.2) is 0 Å². The molecule has 0 aromatic carbocycles. The van der Waals surface area contributed by atoms with Crippen molar-refractivity contribution in [2.24, 2.45) is 11.8 Å². The van der Waals surface area contributed by atoms with E-state index in [2.05, 4.69) is 15.0 Å². The molecule has 22 heavy (non-hydrogen) atoms. The van der Waals surface area contributed by atoms with Crippen molar-refractivity contribution in [3.63, 3.8) is 0 Å². The Morgan fingerprint density at radius 2 is 1.50 bits per heavy atom. The summed E-state index contributed by atoms with van der Waals surface area (Å²) >= 11 is 0. The summed E-state index contributed by atoms with van der Waals surface area (Å²) in [5.41, 5.74) is 0. The van der Waals surface area contributed by atoms with Crippen molar-refractivity contribution in [3.8, 4) is 0 Å². The van der Waals surface area contributed by atoms with Crippen LogP contribution in [0.15, 0.2) is 6.33 Å². The van der Waals surface area contributed by atoms with E-state index in [9.17, 15) is 9.59 Å². The molecule has 0 bridgehead atoms. The Balaban J connectivity index is 1.63. The molecule has 2 aliphatic heterocycles. The second-order valence-corrected chi connectivity index (χ2v) is 5.63. The molecule has 2 fully saturated rings. The largest absolute Gasteiger partial charge is 0.481 e. The normalized spacial score (nSPS) is 19.8. The quantitative estimate of drug-likeness (QED) is 0.771. The van der Waals surface area contributed by atoms with Gasteiger partial charge in [0.2, 0.25) is 11.9 Å². The molecular weight excluding hydrogens is 290 g/mol. The monoisotopic (exact) mass is 307 g/mol. The van der Waals surface area contributed by atoms with Gasteiger partial charge in [-0.15, -0.1) is 0 Å². The number of aliphatic carboxylic acids is 2. The van der Waals surface area contributed by atoms with E-state index in [1.165, 1.54) is 6.33 Å². The second kappa shape index (κ2) is 5.74. The zero-order valence-electron chi connectivity index (χ0n) is 11.9. The molecule has 0 atom stereocenters. The number of rotatable bonds is 4. The number of aromatic nitrogens is 3. The molecule has 0 aliphatic carbocycles. The third-order valence-electron chi connectivity index (χ3n) is 4.19. The molecule has 2 N–H and O–H groups in total. The summed E-state index contributed by atoms with van der Waals surface area (Å²) in [6.45, 7) is 2.00. The highest BCUT2D eigenvalue weighted by atomic mass is 16.4. The molecule has 1 aromatic rings. The third-order valence-corrected chi connectivity index (χ3v) is 4.19. The topological polar surface area (TPSA) is 120 Å². The van der Waals surface area contributed by atoms with Crippen molar-refractivity contribution < 1.29 is 19.8 Å². The average molecular weight is 307 g/mol. The van der Waals surface area contributed by atoms with E-state index in [-0.39, 0.29) is 11.8 Å². The SMILES string of the molecule is O=C(O)C1CCN(c2ncnc(N3CC(C(=O)O)C3)n2)CC1.